The molecule has 0 saturated heterocycles. The lowest BCUT2D eigenvalue weighted by Gasteiger charge is -2.26. The Balaban J connectivity index is 0.00000363. The minimum absolute atomic E-state index is 0. The van der Waals surface area contributed by atoms with Crippen molar-refractivity contribution >= 4 is 29.9 Å². The van der Waals surface area contributed by atoms with E-state index in [0.29, 0.717) is 0 Å². The molecule has 32 heavy (non-hydrogen) atoms. The minimum atomic E-state index is -1.62. The van der Waals surface area contributed by atoms with Crippen molar-refractivity contribution in [2.75, 3.05) is 12.8 Å². The van der Waals surface area contributed by atoms with Gasteiger partial charge in [-0.3, -0.25) is 0 Å². The van der Waals surface area contributed by atoms with Crippen LogP contribution in [0.4, 0.5) is 0 Å². The monoisotopic (exact) mass is 507 g/mol. The molecule has 0 unspecified atom stereocenters. The molecule has 0 saturated carbocycles. The Morgan fingerprint density at radius 3 is 1.88 bits per heavy atom. The summed E-state index contributed by atoms with van der Waals surface area (Å²) in [5, 5.41) is 12.1. The lowest BCUT2D eigenvalue weighted by molar-refractivity contribution is -0.137. The van der Waals surface area contributed by atoms with Gasteiger partial charge in [0.25, 0.3) is 0 Å². The normalized spacial score (nSPS) is 11.2. The average Bonchev–Trinajstić information content (AvgIpc) is 2.83. The number of nitrogens with zero attached hydrogens (tertiary/aromatic N) is 1. The van der Waals surface area contributed by atoms with Crippen LogP contribution in [0.3, 0.4) is 0 Å². The van der Waals surface area contributed by atoms with Crippen molar-refractivity contribution in [2.24, 2.45) is 0 Å². The first-order valence-corrected chi connectivity index (χ1v) is 12.6. The van der Waals surface area contributed by atoms with Gasteiger partial charge in [-0.2, -0.15) is 5.26 Å². The number of nitriles is 1. The highest BCUT2D eigenvalue weighted by atomic mass is 79.9. The molecule has 3 aromatic rings. The average molecular weight is 508 g/mol. The van der Waals surface area contributed by atoms with Crippen LogP contribution in [0.15, 0.2) is 90.5 Å². The number of carbonyl (C=O) groups is 1. The molecule has 0 amide bonds. The van der Waals surface area contributed by atoms with Gasteiger partial charge in [0, 0.05) is 0 Å². The van der Waals surface area contributed by atoms with Gasteiger partial charge in [-0.1, -0.05) is 60.7 Å². The number of esters is 1. The third-order valence-corrected chi connectivity index (χ3v) is 9.96. The molecule has 0 aromatic heterocycles. The first-order chi connectivity index (χ1) is 15.1. The summed E-state index contributed by atoms with van der Waals surface area (Å²) in [6.45, 7) is 4.26. The first kappa shape index (κ1) is 25.5. The van der Waals surface area contributed by atoms with Gasteiger partial charge in [-0.25, -0.2) is 4.79 Å². The van der Waals surface area contributed by atoms with Crippen LogP contribution in [0.2, 0.25) is 0 Å². The molecule has 164 valence electrons. The number of rotatable bonds is 8. The first-order valence-electron chi connectivity index (χ1n) is 10.5. The molecular weight excluding hydrogens is 481 g/mol. The van der Waals surface area contributed by atoms with Crippen molar-refractivity contribution in [3.8, 4) is 6.07 Å². The van der Waals surface area contributed by atoms with E-state index in [0.717, 1.165) is 17.9 Å². The Bertz CT molecular complexity index is 1030. The summed E-state index contributed by atoms with van der Waals surface area (Å²) in [6.07, 6.45) is 3.62. The third kappa shape index (κ3) is 5.94. The largest absolute Gasteiger partial charge is 1.00 e. The van der Waals surface area contributed by atoms with E-state index in [2.05, 4.69) is 79.7 Å². The fraction of sp³-hybridized carbons (Fsp3) is 0.185. The van der Waals surface area contributed by atoms with Gasteiger partial charge in [-0.05, 0) is 55.3 Å². The second-order valence-electron chi connectivity index (χ2n) is 7.25. The summed E-state index contributed by atoms with van der Waals surface area (Å²) in [5.41, 5.74) is 2.07. The molecule has 3 rings (SSSR count). The van der Waals surface area contributed by atoms with Gasteiger partial charge in [0.2, 0.25) is 0 Å². The van der Waals surface area contributed by atoms with Gasteiger partial charge in [0.05, 0.1) is 36.8 Å². The van der Waals surface area contributed by atoms with E-state index in [9.17, 15) is 10.1 Å². The molecule has 0 aliphatic heterocycles. The van der Waals surface area contributed by atoms with E-state index in [4.69, 9.17) is 4.74 Å². The number of carbonyl (C=O) groups excluding carboxylic acids is 1. The van der Waals surface area contributed by atoms with E-state index >= 15 is 0 Å². The van der Waals surface area contributed by atoms with Crippen molar-refractivity contribution in [1.29, 1.82) is 5.26 Å². The highest BCUT2D eigenvalue weighted by Crippen LogP contribution is 2.58. The molecule has 3 nitrogen and oxygen atoms in total. The molecule has 5 heteroatoms. The van der Waals surface area contributed by atoms with Gasteiger partial charge in [0.15, 0.2) is 0 Å². The number of ether oxygens (including phenoxy) is 1. The number of halogens is 1. The highest BCUT2D eigenvalue weighted by Gasteiger charge is 2.40. The van der Waals surface area contributed by atoms with Crippen LogP contribution in [-0.4, -0.2) is 18.7 Å². The van der Waals surface area contributed by atoms with E-state index < -0.39 is 13.2 Å². The van der Waals surface area contributed by atoms with Crippen LogP contribution in [0.5, 0.6) is 0 Å². The molecule has 0 aliphatic carbocycles. The maximum absolute atomic E-state index is 11.9. The molecule has 0 atom stereocenters. The lowest BCUT2D eigenvalue weighted by Crippen LogP contribution is -3.00. The van der Waals surface area contributed by atoms with E-state index in [-0.39, 0.29) is 29.2 Å². The smallest absolute Gasteiger partial charge is 0.348 e. The maximum Gasteiger partial charge on any atom is 0.348 e. The Morgan fingerprint density at radius 1 is 0.906 bits per heavy atom. The predicted octanol–water partition coefficient (Wildman–Crippen LogP) is 2.35. The maximum atomic E-state index is 11.9. The molecule has 0 N–H and O–H groups in total. The van der Waals surface area contributed by atoms with Crippen LogP contribution in [0, 0.1) is 11.3 Å². The fourth-order valence-electron chi connectivity index (χ4n) is 3.78. The number of hydrogen-bond acceptors (Lipinski definition) is 3. The van der Waals surface area contributed by atoms with Crippen LogP contribution in [0.1, 0.15) is 25.0 Å². The van der Waals surface area contributed by atoms with Crippen LogP contribution < -0.4 is 27.6 Å². The van der Waals surface area contributed by atoms with E-state index in [1.165, 1.54) is 16.2 Å². The van der Waals surface area contributed by atoms with Crippen molar-refractivity contribution < 1.29 is 26.5 Å². The summed E-state index contributed by atoms with van der Waals surface area (Å²) < 4.78 is 4.94. The number of benzene rings is 3. The summed E-state index contributed by atoms with van der Waals surface area (Å²) >= 11 is 0. The van der Waals surface area contributed by atoms with E-state index in [1.54, 1.807) is 13.0 Å². The molecule has 0 aliphatic rings. The summed E-state index contributed by atoms with van der Waals surface area (Å²) in [4.78, 5) is 11.9. The second kappa shape index (κ2) is 12.3. The molecule has 0 fully saturated rings. The zero-order valence-electron chi connectivity index (χ0n) is 18.4. The number of hydrogen-bond donors (Lipinski definition) is 0. The Labute approximate surface area is 201 Å². The molecule has 0 radical (unpaired) electrons. The van der Waals surface area contributed by atoms with E-state index in [1.807, 2.05) is 18.2 Å². The Kier molecular flexibility index (Phi) is 9.85. The summed E-state index contributed by atoms with van der Waals surface area (Å²) in [7, 11) is -1.62. The van der Waals surface area contributed by atoms with Gasteiger partial charge in [0.1, 0.15) is 11.6 Å². The Morgan fingerprint density at radius 2 is 1.44 bits per heavy atom. The SMILES string of the molecule is CCOC(=O)/C(C#N)=C\c1ccc(C[P+](CC)(c2ccccc2)c2ccccc2)cc1.[Br-]. The fourth-order valence-corrected chi connectivity index (χ4v) is 7.72. The minimum Gasteiger partial charge on any atom is -1.00 e. The van der Waals surface area contributed by atoms with Crippen molar-refractivity contribution in [3.05, 3.63) is 102 Å². The standard InChI is InChI=1S/C27H27NO2P.BrH/c1-3-30-27(29)24(20-28)19-22-15-17-23(18-16-22)21-31(4-2,25-11-7-5-8-12-25)26-13-9-6-10-14-26;/h5-19H,3-4,21H2,1-2H3;1H/q+1;/p-1/b24-19-;. The van der Waals surface area contributed by atoms with Gasteiger partial charge >= 0.3 is 5.97 Å². The molecule has 0 bridgehead atoms. The third-order valence-electron chi connectivity index (χ3n) is 5.40. The van der Waals surface area contributed by atoms with Crippen molar-refractivity contribution in [1.82, 2.24) is 0 Å². The lowest BCUT2D eigenvalue weighted by atomic mass is 10.1. The summed E-state index contributed by atoms with van der Waals surface area (Å²) in [6, 6.07) is 31.7. The molecule has 0 heterocycles. The highest BCUT2D eigenvalue weighted by molar-refractivity contribution is 7.88. The van der Waals surface area contributed by atoms with Crippen molar-refractivity contribution in [3.63, 3.8) is 0 Å². The summed E-state index contributed by atoms with van der Waals surface area (Å²) in [5.74, 6) is -0.585. The molecular formula is C27H27BrNO2P. The molecule has 3 aromatic carbocycles. The van der Waals surface area contributed by atoms with Crippen LogP contribution in [-0.2, 0) is 15.7 Å². The zero-order valence-corrected chi connectivity index (χ0v) is 20.9. The van der Waals surface area contributed by atoms with Gasteiger partial charge < -0.3 is 21.7 Å². The predicted molar refractivity (Wildman–Crippen MR) is 130 cm³/mol. The quantitative estimate of drug-likeness (QED) is 0.203. The van der Waals surface area contributed by atoms with Crippen molar-refractivity contribution in [2.45, 2.75) is 20.0 Å². The van der Waals surface area contributed by atoms with Gasteiger partial charge in [-0.15, -0.1) is 0 Å². The Hall–Kier alpha value is -2.73. The van der Waals surface area contributed by atoms with Crippen LogP contribution >= 0.6 is 7.26 Å². The van der Waals surface area contributed by atoms with Crippen LogP contribution in [0.25, 0.3) is 6.08 Å². The molecule has 0 spiro atoms. The zero-order chi connectivity index (χ0) is 22.1. The topological polar surface area (TPSA) is 50.1 Å². The second-order valence-corrected chi connectivity index (χ2v) is 11.2.